The molecule has 0 saturated carbocycles. The molecule has 0 saturated heterocycles. The molecule has 0 aromatic rings. The molecule has 0 atom stereocenters. The lowest BCUT2D eigenvalue weighted by molar-refractivity contribution is -0.131. The summed E-state index contributed by atoms with van der Waals surface area (Å²) >= 11 is 0. The molecule has 0 radical (unpaired) electrons. The highest BCUT2D eigenvalue weighted by molar-refractivity contribution is 5.93. The first-order valence-electron chi connectivity index (χ1n) is 4.62. The number of hydrogen-bond acceptors (Lipinski definition) is 3. The fourth-order valence-corrected chi connectivity index (χ4v) is 0.667. The van der Waals surface area contributed by atoms with Gasteiger partial charge in [0.15, 0.2) is 0 Å². The van der Waals surface area contributed by atoms with Gasteiger partial charge in [0.25, 0.3) is 0 Å². The number of nitrogens with one attached hydrogen (secondary N) is 1. The van der Waals surface area contributed by atoms with Gasteiger partial charge in [-0.25, -0.2) is 4.79 Å². The summed E-state index contributed by atoms with van der Waals surface area (Å²) in [6, 6.07) is 0. The van der Waals surface area contributed by atoms with Crippen LogP contribution in [-0.4, -0.2) is 48.1 Å². The molecule has 0 aromatic heterocycles. The van der Waals surface area contributed by atoms with E-state index < -0.39 is 11.9 Å². The van der Waals surface area contributed by atoms with Crippen LogP contribution < -0.4 is 5.32 Å². The van der Waals surface area contributed by atoms with Crippen LogP contribution in [0.2, 0.25) is 0 Å². The van der Waals surface area contributed by atoms with Gasteiger partial charge in [0.05, 0.1) is 0 Å². The molecule has 0 aliphatic carbocycles. The molecule has 0 heterocycles. The van der Waals surface area contributed by atoms with Crippen LogP contribution in [0.3, 0.4) is 0 Å². The summed E-state index contributed by atoms with van der Waals surface area (Å²) in [5.41, 5.74) is -0.160. The Bertz CT molecular complexity index is 270. The number of nitrogens with zero attached hydrogens (tertiary/aromatic N) is 1. The van der Waals surface area contributed by atoms with Crippen LogP contribution in [0.4, 0.5) is 0 Å². The van der Waals surface area contributed by atoms with E-state index in [1.807, 2.05) is 32.8 Å². The van der Waals surface area contributed by atoms with Gasteiger partial charge in [-0.2, -0.15) is 0 Å². The zero-order valence-corrected chi connectivity index (χ0v) is 9.57. The van der Waals surface area contributed by atoms with Gasteiger partial charge in [0, 0.05) is 24.2 Å². The molecule has 0 aromatic carbocycles. The molecule has 0 unspecified atom stereocenters. The first-order chi connectivity index (χ1) is 6.75. The van der Waals surface area contributed by atoms with Crippen molar-refractivity contribution in [2.24, 2.45) is 0 Å². The first-order valence-corrected chi connectivity index (χ1v) is 4.62. The van der Waals surface area contributed by atoms with E-state index >= 15 is 0 Å². The van der Waals surface area contributed by atoms with Crippen LogP contribution in [-0.2, 0) is 9.59 Å². The number of carbonyl (C=O) groups is 2. The Kier molecular flexibility index (Phi) is 5.00. The summed E-state index contributed by atoms with van der Waals surface area (Å²) in [6.07, 6.45) is 1.83. The van der Waals surface area contributed by atoms with Gasteiger partial charge >= 0.3 is 5.97 Å². The fourth-order valence-electron chi connectivity index (χ4n) is 0.667. The first kappa shape index (κ1) is 13.6. The Balaban J connectivity index is 4.06. The van der Waals surface area contributed by atoms with Crippen molar-refractivity contribution >= 4 is 11.9 Å². The molecule has 0 fully saturated rings. The second-order valence-electron chi connectivity index (χ2n) is 4.10. The molecule has 0 rings (SSSR count). The standard InChI is InChI=1S/C10H18N2O3/c1-10(2,12(3)4)7-11-8(13)5-6-9(14)15/h5-6H,7H2,1-4H3,(H,11,13)(H,14,15)/b6-5+. The van der Waals surface area contributed by atoms with E-state index in [2.05, 4.69) is 5.32 Å². The largest absolute Gasteiger partial charge is 0.478 e. The SMILES string of the molecule is CN(C)C(C)(C)CNC(=O)/C=C/C(=O)O. The van der Waals surface area contributed by atoms with Gasteiger partial charge < -0.3 is 15.3 Å². The molecule has 86 valence electrons. The number of carbonyl (C=O) groups excluding carboxylic acids is 1. The number of hydrogen-bond donors (Lipinski definition) is 2. The van der Waals surface area contributed by atoms with E-state index in [-0.39, 0.29) is 5.54 Å². The van der Waals surface area contributed by atoms with Crippen molar-refractivity contribution in [3.63, 3.8) is 0 Å². The van der Waals surface area contributed by atoms with E-state index in [1.165, 1.54) is 0 Å². The summed E-state index contributed by atoms with van der Waals surface area (Å²) in [6.45, 7) is 4.42. The summed E-state index contributed by atoms with van der Waals surface area (Å²) < 4.78 is 0. The molecule has 2 N–H and O–H groups in total. The fraction of sp³-hybridized carbons (Fsp3) is 0.600. The van der Waals surface area contributed by atoms with Crippen LogP contribution in [0.25, 0.3) is 0 Å². The van der Waals surface area contributed by atoms with Crippen molar-refractivity contribution < 1.29 is 14.7 Å². The Morgan fingerprint density at radius 2 is 1.87 bits per heavy atom. The van der Waals surface area contributed by atoms with E-state index in [4.69, 9.17) is 5.11 Å². The normalized spacial score (nSPS) is 12.1. The van der Waals surface area contributed by atoms with Crippen LogP contribution >= 0.6 is 0 Å². The smallest absolute Gasteiger partial charge is 0.328 e. The van der Waals surface area contributed by atoms with E-state index in [0.29, 0.717) is 6.54 Å². The zero-order valence-electron chi connectivity index (χ0n) is 9.57. The van der Waals surface area contributed by atoms with Crippen molar-refractivity contribution in [3.05, 3.63) is 12.2 Å². The summed E-state index contributed by atoms with van der Waals surface area (Å²) in [5.74, 6) is -1.52. The van der Waals surface area contributed by atoms with E-state index in [9.17, 15) is 9.59 Å². The van der Waals surface area contributed by atoms with Crippen molar-refractivity contribution in [1.82, 2.24) is 10.2 Å². The third-order valence-electron chi connectivity index (χ3n) is 2.28. The summed E-state index contributed by atoms with van der Waals surface area (Å²) in [5, 5.41) is 10.9. The van der Waals surface area contributed by atoms with Gasteiger partial charge in [-0.1, -0.05) is 0 Å². The van der Waals surface area contributed by atoms with Crippen LogP contribution in [0.1, 0.15) is 13.8 Å². The number of rotatable bonds is 5. The Labute approximate surface area is 89.8 Å². The summed E-state index contributed by atoms with van der Waals surface area (Å²) in [7, 11) is 3.83. The minimum absolute atomic E-state index is 0.160. The third kappa shape index (κ3) is 5.85. The van der Waals surface area contributed by atoms with Crippen LogP contribution in [0, 0.1) is 0 Å². The Hall–Kier alpha value is -1.36. The molecular weight excluding hydrogens is 196 g/mol. The highest BCUT2D eigenvalue weighted by atomic mass is 16.4. The minimum atomic E-state index is -1.13. The molecule has 0 aliphatic heterocycles. The topological polar surface area (TPSA) is 69.6 Å². The van der Waals surface area contributed by atoms with Crippen molar-refractivity contribution in [3.8, 4) is 0 Å². The monoisotopic (exact) mass is 214 g/mol. The number of amides is 1. The molecule has 1 amide bonds. The third-order valence-corrected chi connectivity index (χ3v) is 2.28. The minimum Gasteiger partial charge on any atom is -0.478 e. The molecular formula is C10H18N2O3. The van der Waals surface area contributed by atoms with Gasteiger partial charge in [0.1, 0.15) is 0 Å². The Morgan fingerprint density at radius 3 is 2.27 bits per heavy atom. The lowest BCUT2D eigenvalue weighted by Gasteiger charge is -2.32. The van der Waals surface area contributed by atoms with Crippen LogP contribution in [0.15, 0.2) is 12.2 Å². The van der Waals surface area contributed by atoms with Crippen LogP contribution in [0.5, 0.6) is 0 Å². The lowest BCUT2D eigenvalue weighted by Crippen LogP contribution is -2.47. The van der Waals surface area contributed by atoms with Crippen molar-refractivity contribution in [2.75, 3.05) is 20.6 Å². The highest BCUT2D eigenvalue weighted by Gasteiger charge is 2.20. The second kappa shape index (κ2) is 5.50. The zero-order chi connectivity index (χ0) is 12.1. The second-order valence-corrected chi connectivity index (χ2v) is 4.10. The van der Waals surface area contributed by atoms with E-state index in [0.717, 1.165) is 12.2 Å². The average Bonchev–Trinajstić information content (AvgIpc) is 2.11. The molecule has 0 spiro atoms. The number of carboxylic acid groups (broad SMARTS) is 1. The van der Waals surface area contributed by atoms with Crippen molar-refractivity contribution in [1.29, 1.82) is 0 Å². The molecule has 0 aliphatic rings. The van der Waals surface area contributed by atoms with Gasteiger partial charge in [-0.05, 0) is 27.9 Å². The number of carboxylic acids is 1. The maximum atomic E-state index is 11.1. The predicted molar refractivity (Wildman–Crippen MR) is 57.6 cm³/mol. The summed E-state index contributed by atoms with van der Waals surface area (Å²) in [4.78, 5) is 23.3. The Morgan fingerprint density at radius 1 is 1.33 bits per heavy atom. The maximum Gasteiger partial charge on any atom is 0.328 e. The van der Waals surface area contributed by atoms with Gasteiger partial charge in [-0.15, -0.1) is 0 Å². The van der Waals surface area contributed by atoms with Crippen molar-refractivity contribution in [2.45, 2.75) is 19.4 Å². The predicted octanol–water partition coefficient (Wildman–Crippen LogP) is 0.0836. The van der Waals surface area contributed by atoms with E-state index in [1.54, 1.807) is 0 Å². The molecule has 5 heteroatoms. The average molecular weight is 214 g/mol. The molecule has 5 nitrogen and oxygen atoms in total. The lowest BCUT2D eigenvalue weighted by atomic mass is 10.0. The highest BCUT2D eigenvalue weighted by Crippen LogP contribution is 2.07. The molecule has 0 bridgehead atoms. The molecule has 15 heavy (non-hydrogen) atoms. The van der Waals surface area contributed by atoms with Gasteiger partial charge in [-0.3, -0.25) is 4.79 Å². The number of aliphatic carboxylic acids is 1. The quantitative estimate of drug-likeness (QED) is 0.636. The number of likely N-dealkylation sites (N-methyl/N-ethyl adjacent to an activating group) is 1. The van der Waals surface area contributed by atoms with Gasteiger partial charge in [0.2, 0.25) is 5.91 Å². The maximum absolute atomic E-state index is 11.1.